The van der Waals surface area contributed by atoms with Crippen LogP contribution in [0.5, 0.6) is 0 Å². The molecule has 9 aromatic rings. The molecule has 0 amide bonds. The summed E-state index contributed by atoms with van der Waals surface area (Å²) in [4.78, 5) is 2.48. The van der Waals surface area contributed by atoms with Gasteiger partial charge in [0.1, 0.15) is 0 Å². The van der Waals surface area contributed by atoms with E-state index < -0.39 is 0 Å². The maximum Gasteiger partial charge on any atom is 0.0468 e. The van der Waals surface area contributed by atoms with Gasteiger partial charge in [-0.15, -0.1) is 0 Å². The zero-order valence-corrected chi connectivity index (χ0v) is 37.5. The van der Waals surface area contributed by atoms with E-state index in [1.165, 1.54) is 110 Å². The number of rotatable bonds is 3. The molecule has 0 bridgehead atoms. The summed E-state index contributed by atoms with van der Waals surface area (Å²) < 4.78 is 0. The third-order valence-electron chi connectivity index (χ3n) is 15.3. The highest BCUT2D eigenvalue weighted by Gasteiger charge is 2.43. The Morgan fingerprint density at radius 3 is 1.50 bits per heavy atom. The standard InChI is InChI=1S/C61H53N/c1-58(2,3)41-20-23-42(24-21-41)62(43-22-18-39-30-48-47-29-37-15-10-11-16-38(37)31-52(47)60(6,7)53(48)32-40(39)28-43)44-25-26-46-49-34-56-50(35-55(49)61(8,9)54(46)33-44)57-45-17-13-12-14-36(45)19-27-51(57)59(56,4)5/h10-35H,1-9H3. The van der Waals surface area contributed by atoms with Gasteiger partial charge in [0.25, 0.3) is 0 Å². The van der Waals surface area contributed by atoms with Gasteiger partial charge in [-0.05, 0) is 183 Å². The van der Waals surface area contributed by atoms with Crippen molar-refractivity contribution >= 4 is 49.4 Å². The van der Waals surface area contributed by atoms with Crippen LogP contribution in [-0.2, 0) is 21.7 Å². The Hall–Kier alpha value is -6.44. The number of hydrogen-bond donors (Lipinski definition) is 0. The summed E-state index contributed by atoms with van der Waals surface area (Å²) in [7, 11) is 0. The van der Waals surface area contributed by atoms with Crippen molar-refractivity contribution in [3.05, 3.63) is 197 Å². The van der Waals surface area contributed by atoms with Crippen LogP contribution < -0.4 is 4.90 Å². The predicted molar refractivity (Wildman–Crippen MR) is 265 cm³/mol. The minimum atomic E-state index is -0.190. The SMILES string of the molecule is CC(C)(C)c1ccc(N(c2ccc3c(c2)C(C)(C)c2cc4c(cc2-3)C(C)(C)c2ccc3ccccc3c2-4)c2ccc3cc4c(cc3c2)C(C)(C)c2cc3ccccc3cc2-4)cc1. The van der Waals surface area contributed by atoms with Gasteiger partial charge in [0, 0.05) is 33.3 Å². The summed E-state index contributed by atoms with van der Waals surface area (Å²) in [6.45, 7) is 21.3. The minimum Gasteiger partial charge on any atom is -0.310 e. The van der Waals surface area contributed by atoms with Crippen molar-refractivity contribution in [2.24, 2.45) is 0 Å². The van der Waals surface area contributed by atoms with E-state index in [-0.39, 0.29) is 21.7 Å². The van der Waals surface area contributed by atoms with E-state index in [4.69, 9.17) is 0 Å². The van der Waals surface area contributed by atoms with E-state index in [0.717, 1.165) is 11.4 Å². The Morgan fingerprint density at radius 2 is 0.806 bits per heavy atom. The highest BCUT2D eigenvalue weighted by atomic mass is 15.1. The Kier molecular flexibility index (Phi) is 7.44. The molecular formula is C61H53N. The molecule has 0 unspecified atom stereocenters. The fraction of sp³-hybridized carbons (Fsp3) is 0.213. The number of benzene rings is 9. The van der Waals surface area contributed by atoms with Gasteiger partial charge in [-0.3, -0.25) is 0 Å². The second-order valence-electron chi connectivity index (χ2n) is 21.1. The van der Waals surface area contributed by atoms with Crippen molar-refractivity contribution in [1.29, 1.82) is 0 Å². The first-order chi connectivity index (χ1) is 29.6. The Bertz CT molecular complexity index is 3400. The molecule has 3 aliphatic rings. The van der Waals surface area contributed by atoms with Crippen LogP contribution in [0, 0.1) is 0 Å². The van der Waals surface area contributed by atoms with Gasteiger partial charge < -0.3 is 4.90 Å². The lowest BCUT2D eigenvalue weighted by atomic mass is 9.79. The van der Waals surface area contributed by atoms with Crippen molar-refractivity contribution < 1.29 is 0 Å². The summed E-state index contributed by atoms with van der Waals surface area (Å²) >= 11 is 0. The monoisotopic (exact) mass is 799 g/mol. The normalized spacial score (nSPS) is 15.9. The van der Waals surface area contributed by atoms with Crippen LogP contribution in [0.1, 0.15) is 101 Å². The van der Waals surface area contributed by atoms with Crippen molar-refractivity contribution in [3.63, 3.8) is 0 Å². The number of anilines is 3. The van der Waals surface area contributed by atoms with Gasteiger partial charge in [-0.1, -0.05) is 147 Å². The smallest absolute Gasteiger partial charge is 0.0468 e. The van der Waals surface area contributed by atoms with Crippen LogP contribution in [0.3, 0.4) is 0 Å². The summed E-state index contributed by atoms with van der Waals surface area (Å²) in [5.74, 6) is 0. The molecule has 3 aliphatic carbocycles. The van der Waals surface area contributed by atoms with Crippen molar-refractivity contribution in [2.75, 3.05) is 4.90 Å². The molecule has 0 radical (unpaired) electrons. The average Bonchev–Trinajstić information content (AvgIpc) is 3.72. The molecule has 0 N–H and O–H groups in total. The third kappa shape index (κ3) is 5.09. The molecule has 0 saturated heterocycles. The predicted octanol–water partition coefficient (Wildman–Crippen LogP) is 16.8. The second kappa shape index (κ2) is 12.4. The van der Waals surface area contributed by atoms with Gasteiger partial charge in [-0.25, -0.2) is 0 Å². The second-order valence-corrected chi connectivity index (χ2v) is 21.1. The minimum absolute atomic E-state index is 0.0634. The van der Waals surface area contributed by atoms with E-state index in [1.54, 1.807) is 0 Å². The maximum atomic E-state index is 2.55. The largest absolute Gasteiger partial charge is 0.310 e. The van der Waals surface area contributed by atoms with E-state index in [2.05, 4.69) is 225 Å². The average molecular weight is 800 g/mol. The quantitative estimate of drug-likeness (QED) is 0.172. The molecule has 0 fully saturated rings. The fourth-order valence-electron chi connectivity index (χ4n) is 11.7. The zero-order chi connectivity index (χ0) is 42.7. The van der Waals surface area contributed by atoms with Crippen LogP contribution in [0.2, 0.25) is 0 Å². The Morgan fingerprint density at radius 1 is 0.339 bits per heavy atom. The van der Waals surface area contributed by atoms with Gasteiger partial charge in [0.2, 0.25) is 0 Å². The van der Waals surface area contributed by atoms with E-state index >= 15 is 0 Å². The number of hydrogen-bond acceptors (Lipinski definition) is 1. The molecule has 0 aromatic heterocycles. The first kappa shape index (κ1) is 37.3. The highest BCUT2D eigenvalue weighted by Crippen LogP contribution is 2.58. The lowest BCUT2D eigenvalue weighted by Crippen LogP contribution is -2.17. The number of fused-ring (bicyclic) bond motifs is 13. The summed E-state index contributed by atoms with van der Waals surface area (Å²) in [6, 6.07) is 60.8. The van der Waals surface area contributed by atoms with Gasteiger partial charge >= 0.3 is 0 Å². The van der Waals surface area contributed by atoms with Crippen molar-refractivity contribution in [2.45, 2.75) is 84.0 Å². The number of nitrogens with zero attached hydrogens (tertiary/aromatic N) is 1. The molecule has 0 spiro atoms. The lowest BCUT2D eigenvalue weighted by molar-refractivity contribution is 0.590. The summed E-state index contributed by atoms with van der Waals surface area (Å²) in [5, 5.41) is 7.79. The van der Waals surface area contributed by atoms with Gasteiger partial charge in [0.05, 0.1) is 0 Å². The first-order valence-electron chi connectivity index (χ1n) is 22.5. The summed E-state index contributed by atoms with van der Waals surface area (Å²) in [5.41, 5.74) is 21.2. The summed E-state index contributed by atoms with van der Waals surface area (Å²) in [6.07, 6.45) is 0. The fourth-order valence-corrected chi connectivity index (χ4v) is 11.7. The van der Waals surface area contributed by atoms with Crippen LogP contribution in [-0.4, -0.2) is 0 Å². The van der Waals surface area contributed by atoms with Crippen LogP contribution in [0.25, 0.3) is 65.7 Å². The van der Waals surface area contributed by atoms with E-state index in [1.807, 2.05) is 0 Å². The van der Waals surface area contributed by atoms with Crippen molar-refractivity contribution in [1.82, 2.24) is 0 Å². The van der Waals surface area contributed by atoms with E-state index in [0.29, 0.717) is 0 Å². The lowest BCUT2D eigenvalue weighted by Gasteiger charge is -2.29. The first-order valence-corrected chi connectivity index (χ1v) is 22.5. The molecule has 0 atom stereocenters. The molecule has 62 heavy (non-hydrogen) atoms. The Balaban J connectivity index is 1.00. The van der Waals surface area contributed by atoms with Gasteiger partial charge in [-0.2, -0.15) is 0 Å². The molecule has 9 aromatic carbocycles. The maximum absolute atomic E-state index is 2.55. The molecular weight excluding hydrogens is 747 g/mol. The molecule has 1 nitrogen and oxygen atoms in total. The van der Waals surface area contributed by atoms with Crippen molar-refractivity contribution in [3.8, 4) is 33.4 Å². The van der Waals surface area contributed by atoms with Crippen LogP contribution >= 0.6 is 0 Å². The topological polar surface area (TPSA) is 3.24 Å². The van der Waals surface area contributed by atoms with Crippen LogP contribution in [0.15, 0.2) is 158 Å². The van der Waals surface area contributed by atoms with Gasteiger partial charge in [0.15, 0.2) is 0 Å². The third-order valence-corrected chi connectivity index (χ3v) is 15.3. The van der Waals surface area contributed by atoms with E-state index in [9.17, 15) is 0 Å². The molecule has 0 heterocycles. The highest BCUT2D eigenvalue weighted by molar-refractivity contribution is 6.04. The molecule has 0 aliphatic heterocycles. The molecule has 1 heteroatoms. The molecule has 302 valence electrons. The molecule has 0 saturated carbocycles. The molecule has 12 rings (SSSR count). The zero-order valence-electron chi connectivity index (χ0n) is 37.5. The Labute approximate surface area is 366 Å². The van der Waals surface area contributed by atoms with Crippen LogP contribution in [0.4, 0.5) is 17.1 Å².